The largest absolute Gasteiger partial charge is 0.314 e. The van der Waals surface area contributed by atoms with Crippen molar-refractivity contribution in [3.63, 3.8) is 0 Å². The van der Waals surface area contributed by atoms with Crippen LogP contribution in [-0.2, 0) is 0 Å². The van der Waals surface area contributed by atoms with Crippen LogP contribution in [0.3, 0.4) is 0 Å². The molecule has 0 amide bonds. The lowest BCUT2D eigenvalue weighted by Gasteiger charge is -2.38. The molecule has 1 aromatic carbocycles. The molecule has 1 saturated carbocycles. The van der Waals surface area contributed by atoms with Crippen LogP contribution in [0.5, 0.6) is 0 Å². The topological polar surface area (TPSA) is 12.0 Å². The monoisotopic (exact) mass is 231 g/mol. The van der Waals surface area contributed by atoms with Gasteiger partial charge in [0.15, 0.2) is 0 Å². The van der Waals surface area contributed by atoms with Crippen molar-refractivity contribution in [3.8, 4) is 0 Å². The van der Waals surface area contributed by atoms with E-state index in [-0.39, 0.29) is 0 Å². The first-order chi connectivity index (χ1) is 8.06. The van der Waals surface area contributed by atoms with Gasteiger partial charge in [-0.05, 0) is 50.6 Å². The quantitative estimate of drug-likeness (QED) is 0.831. The first-order valence-electron chi connectivity index (χ1n) is 6.88. The Morgan fingerprint density at radius 2 is 1.76 bits per heavy atom. The van der Waals surface area contributed by atoms with Crippen molar-refractivity contribution in [3.05, 3.63) is 34.9 Å². The third-order valence-corrected chi connectivity index (χ3v) is 3.88. The molecule has 94 valence electrons. The number of nitrogens with one attached hydrogen (secondary N) is 1. The average molecular weight is 231 g/mol. The lowest BCUT2D eigenvalue weighted by Crippen LogP contribution is -2.36. The fourth-order valence-electron chi connectivity index (χ4n) is 2.86. The minimum Gasteiger partial charge on any atom is -0.314 e. The Bertz CT molecular complexity index is 361. The molecule has 0 saturated heterocycles. The number of aryl methyl sites for hydroxylation is 2. The van der Waals surface area contributed by atoms with E-state index in [0.717, 1.165) is 11.8 Å². The van der Waals surface area contributed by atoms with Crippen molar-refractivity contribution < 1.29 is 0 Å². The summed E-state index contributed by atoms with van der Waals surface area (Å²) in [7, 11) is 0. The predicted molar refractivity (Wildman–Crippen MR) is 74.5 cm³/mol. The van der Waals surface area contributed by atoms with Crippen LogP contribution in [0, 0.1) is 19.8 Å². The van der Waals surface area contributed by atoms with Gasteiger partial charge in [0.2, 0.25) is 0 Å². The minimum atomic E-state index is 0.607. The minimum absolute atomic E-state index is 0.607. The van der Waals surface area contributed by atoms with Crippen LogP contribution in [0.15, 0.2) is 18.2 Å². The molecule has 0 spiro atoms. The molecule has 1 aliphatic rings. The van der Waals surface area contributed by atoms with Gasteiger partial charge in [0, 0.05) is 6.04 Å². The highest BCUT2D eigenvalue weighted by Gasteiger charge is 2.31. The van der Waals surface area contributed by atoms with E-state index in [4.69, 9.17) is 0 Å². The number of benzene rings is 1. The van der Waals surface area contributed by atoms with Gasteiger partial charge in [-0.1, -0.05) is 43.2 Å². The van der Waals surface area contributed by atoms with E-state index in [1.54, 1.807) is 5.56 Å². The lowest BCUT2D eigenvalue weighted by atomic mass is 9.69. The summed E-state index contributed by atoms with van der Waals surface area (Å²) in [5.41, 5.74) is 4.37. The predicted octanol–water partition coefficient (Wildman–Crippen LogP) is 3.80. The second kappa shape index (κ2) is 5.22. The van der Waals surface area contributed by atoms with Gasteiger partial charge in [0.25, 0.3) is 0 Å². The molecule has 0 heterocycles. The van der Waals surface area contributed by atoms with Crippen molar-refractivity contribution in [1.82, 2.24) is 5.32 Å². The van der Waals surface area contributed by atoms with E-state index in [1.165, 1.54) is 30.5 Å². The normalized spacial score (nSPS) is 23.8. The summed E-state index contributed by atoms with van der Waals surface area (Å²) in [5, 5.41) is 3.58. The van der Waals surface area contributed by atoms with Gasteiger partial charge in [-0.2, -0.15) is 0 Å². The smallest absolute Gasteiger partial charge is 0.00104 e. The van der Waals surface area contributed by atoms with E-state index in [1.807, 2.05) is 0 Å². The van der Waals surface area contributed by atoms with Crippen LogP contribution in [0.1, 0.15) is 49.3 Å². The molecule has 0 radical (unpaired) electrons. The Labute approximate surface area is 106 Å². The van der Waals surface area contributed by atoms with Crippen LogP contribution in [0.2, 0.25) is 0 Å². The van der Waals surface area contributed by atoms with E-state index in [9.17, 15) is 0 Å². The summed E-state index contributed by atoms with van der Waals surface area (Å²) < 4.78 is 0. The molecule has 2 unspecified atom stereocenters. The Hall–Kier alpha value is -0.820. The second-order valence-electron chi connectivity index (χ2n) is 5.93. The van der Waals surface area contributed by atoms with Gasteiger partial charge in [-0.25, -0.2) is 0 Å². The van der Waals surface area contributed by atoms with Crippen molar-refractivity contribution in [2.24, 2.45) is 5.92 Å². The average Bonchev–Trinajstić information content (AvgIpc) is 2.13. The Morgan fingerprint density at radius 3 is 2.24 bits per heavy atom. The zero-order chi connectivity index (χ0) is 12.4. The maximum Gasteiger partial charge on any atom is 0.00104 e. The lowest BCUT2D eigenvalue weighted by molar-refractivity contribution is 0.240. The molecule has 0 aromatic heterocycles. The molecular weight excluding hydrogens is 206 g/mol. The molecule has 1 heteroatoms. The molecule has 17 heavy (non-hydrogen) atoms. The van der Waals surface area contributed by atoms with E-state index >= 15 is 0 Å². The third kappa shape index (κ3) is 3.10. The molecule has 1 nitrogen and oxygen atoms in total. The van der Waals surface area contributed by atoms with Gasteiger partial charge in [-0.3, -0.25) is 0 Å². The number of hydrogen-bond acceptors (Lipinski definition) is 1. The summed E-state index contributed by atoms with van der Waals surface area (Å²) in [6, 6.07) is 7.62. The maximum atomic E-state index is 3.58. The van der Waals surface area contributed by atoms with Gasteiger partial charge < -0.3 is 5.32 Å². The number of hydrogen-bond donors (Lipinski definition) is 1. The molecule has 1 N–H and O–H groups in total. The Kier molecular flexibility index (Phi) is 3.88. The van der Waals surface area contributed by atoms with E-state index < -0.39 is 0 Å². The summed E-state index contributed by atoms with van der Waals surface area (Å²) in [6.07, 6.45) is 2.75. The molecule has 0 bridgehead atoms. The second-order valence-corrected chi connectivity index (χ2v) is 5.93. The van der Waals surface area contributed by atoms with Crippen LogP contribution in [0.25, 0.3) is 0 Å². The van der Waals surface area contributed by atoms with Gasteiger partial charge in [0.05, 0.1) is 0 Å². The van der Waals surface area contributed by atoms with Crippen LogP contribution < -0.4 is 5.32 Å². The van der Waals surface area contributed by atoms with Crippen molar-refractivity contribution in [2.75, 3.05) is 6.54 Å². The zero-order valence-electron chi connectivity index (χ0n) is 11.6. The Balaban J connectivity index is 2.02. The van der Waals surface area contributed by atoms with Gasteiger partial charge >= 0.3 is 0 Å². The summed E-state index contributed by atoms with van der Waals surface area (Å²) >= 11 is 0. The molecule has 1 aliphatic carbocycles. The van der Waals surface area contributed by atoms with Crippen LogP contribution >= 0.6 is 0 Å². The first-order valence-corrected chi connectivity index (χ1v) is 6.88. The SMILES string of the molecule is Cc1cc(C)cc(C2CCC2CNC(C)C)c1. The standard InChI is InChI=1S/C16H25N/c1-11(2)17-10-14-5-6-16(14)15-8-12(3)7-13(4)9-15/h7-9,11,14,16-17H,5-6,10H2,1-4H3. The zero-order valence-corrected chi connectivity index (χ0v) is 11.6. The Morgan fingerprint density at radius 1 is 1.12 bits per heavy atom. The highest BCUT2D eigenvalue weighted by Crippen LogP contribution is 2.42. The molecule has 2 rings (SSSR count). The fraction of sp³-hybridized carbons (Fsp3) is 0.625. The van der Waals surface area contributed by atoms with Crippen LogP contribution in [0.4, 0.5) is 0 Å². The molecule has 1 aromatic rings. The fourth-order valence-corrected chi connectivity index (χ4v) is 2.86. The molecule has 0 aliphatic heterocycles. The summed E-state index contributed by atoms with van der Waals surface area (Å²) in [5.74, 6) is 1.64. The highest BCUT2D eigenvalue weighted by molar-refractivity contribution is 5.32. The molecule has 2 atom stereocenters. The van der Waals surface area contributed by atoms with Crippen molar-refractivity contribution in [2.45, 2.75) is 52.5 Å². The van der Waals surface area contributed by atoms with E-state index in [0.29, 0.717) is 6.04 Å². The third-order valence-electron chi connectivity index (χ3n) is 3.88. The van der Waals surface area contributed by atoms with Gasteiger partial charge in [0.1, 0.15) is 0 Å². The van der Waals surface area contributed by atoms with Crippen molar-refractivity contribution >= 4 is 0 Å². The first kappa shape index (κ1) is 12.6. The summed E-state index contributed by atoms with van der Waals surface area (Å²) in [4.78, 5) is 0. The molecule has 1 fully saturated rings. The molecular formula is C16H25N. The van der Waals surface area contributed by atoms with Crippen LogP contribution in [-0.4, -0.2) is 12.6 Å². The maximum absolute atomic E-state index is 3.58. The highest BCUT2D eigenvalue weighted by atomic mass is 14.9. The van der Waals surface area contributed by atoms with Crippen molar-refractivity contribution in [1.29, 1.82) is 0 Å². The van der Waals surface area contributed by atoms with E-state index in [2.05, 4.69) is 51.2 Å². The number of rotatable bonds is 4. The summed E-state index contributed by atoms with van der Waals surface area (Å²) in [6.45, 7) is 10.0. The van der Waals surface area contributed by atoms with Gasteiger partial charge in [-0.15, -0.1) is 0 Å².